The Balaban J connectivity index is 1.95. The molecule has 0 fully saturated rings. The minimum Gasteiger partial charge on any atom is -0.360 e. The van der Waals surface area contributed by atoms with Crippen LogP contribution in [0.5, 0.6) is 0 Å². The minimum atomic E-state index is -3.63. The Bertz CT molecular complexity index is 738. The molecule has 0 unspecified atom stereocenters. The molecule has 0 saturated carbocycles. The van der Waals surface area contributed by atoms with Crippen LogP contribution in [-0.4, -0.2) is 25.2 Å². The number of amides is 1. The second-order valence-corrected chi connectivity index (χ2v) is 6.50. The number of anilines is 1. The fraction of sp³-hybridized carbons (Fsp3) is 0.231. The van der Waals surface area contributed by atoms with Gasteiger partial charge in [-0.3, -0.25) is 4.79 Å². The number of carbonyl (C=O) groups is 1. The van der Waals surface area contributed by atoms with Crippen LogP contribution in [0.2, 0.25) is 0 Å². The van der Waals surface area contributed by atoms with Crippen LogP contribution in [0.25, 0.3) is 0 Å². The van der Waals surface area contributed by atoms with Gasteiger partial charge in [-0.15, -0.1) is 0 Å². The van der Waals surface area contributed by atoms with Gasteiger partial charge in [0, 0.05) is 12.5 Å². The van der Waals surface area contributed by atoms with Crippen LogP contribution < -0.4 is 5.32 Å². The lowest BCUT2D eigenvalue weighted by Gasteiger charge is -2.04. The Morgan fingerprint density at radius 2 is 2.00 bits per heavy atom. The van der Waals surface area contributed by atoms with E-state index < -0.39 is 21.6 Å². The van der Waals surface area contributed by atoms with E-state index in [4.69, 9.17) is 4.52 Å². The van der Waals surface area contributed by atoms with Crippen LogP contribution in [0.4, 0.5) is 10.2 Å². The first kappa shape index (κ1) is 15.2. The molecule has 0 radical (unpaired) electrons. The van der Waals surface area contributed by atoms with Gasteiger partial charge in [0.05, 0.1) is 10.6 Å². The van der Waals surface area contributed by atoms with Crippen LogP contribution >= 0.6 is 0 Å². The number of aryl methyl sites for hydroxylation is 1. The van der Waals surface area contributed by atoms with E-state index in [9.17, 15) is 17.6 Å². The number of halogens is 1. The quantitative estimate of drug-likeness (QED) is 0.852. The summed E-state index contributed by atoms with van der Waals surface area (Å²) in [6.45, 7) is 1.67. The maximum absolute atomic E-state index is 12.8. The largest absolute Gasteiger partial charge is 0.360 e. The highest BCUT2D eigenvalue weighted by atomic mass is 32.2. The second-order valence-electron chi connectivity index (χ2n) is 4.39. The zero-order valence-electron chi connectivity index (χ0n) is 11.2. The van der Waals surface area contributed by atoms with Crippen LogP contribution in [0.3, 0.4) is 0 Å². The molecule has 6 nitrogen and oxygen atoms in total. The van der Waals surface area contributed by atoms with E-state index in [1.807, 2.05) is 0 Å². The molecular weight excluding hydrogens is 299 g/mol. The topological polar surface area (TPSA) is 89.3 Å². The standard InChI is InChI=1S/C13H13FN2O4S/c1-9-8-12(16-20-9)15-13(17)6-7-21(18,19)11-4-2-10(14)3-5-11/h2-5,8H,6-7H2,1H3,(H,15,16,17). The smallest absolute Gasteiger partial charge is 0.226 e. The van der Waals surface area contributed by atoms with E-state index in [2.05, 4.69) is 10.5 Å². The number of hydrogen-bond donors (Lipinski definition) is 1. The van der Waals surface area contributed by atoms with Crippen molar-refractivity contribution in [2.24, 2.45) is 0 Å². The molecule has 0 aliphatic carbocycles. The van der Waals surface area contributed by atoms with Crippen molar-refractivity contribution >= 4 is 21.6 Å². The molecule has 1 aromatic carbocycles. The Labute approximate surface area is 120 Å². The van der Waals surface area contributed by atoms with E-state index in [0.29, 0.717) is 5.76 Å². The molecule has 21 heavy (non-hydrogen) atoms. The third-order valence-electron chi connectivity index (χ3n) is 2.67. The van der Waals surface area contributed by atoms with Gasteiger partial charge >= 0.3 is 0 Å². The van der Waals surface area contributed by atoms with Crippen molar-refractivity contribution in [2.45, 2.75) is 18.2 Å². The molecule has 8 heteroatoms. The summed E-state index contributed by atoms with van der Waals surface area (Å²) in [5.41, 5.74) is 0. The lowest BCUT2D eigenvalue weighted by molar-refractivity contribution is -0.115. The molecule has 0 saturated heterocycles. The molecule has 2 aromatic rings. The van der Waals surface area contributed by atoms with Gasteiger partial charge in [-0.1, -0.05) is 5.16 Å². The predicted molar refractivity (Wildman–Crippen MR) is 72.9 cm³/mol. The Morgan fingerprint density at radius 3 is 2.57 bits per heavy atom. The summed E-state index contributed by atoms with van der Waals surface area (Å²) in [4.78, 5) is 11.6. The van der Waals surface area contributed by atoms with Crippen molar-refractivity contribution in [1.29, 1.82) is 0 Å². The molecule has 0 atom stereocenters. The van der Waals surface area contributed by atoms with Crippen molar-refractivity contribution in [3.63, 3.8) is 0 Å². The monoisotopic (exact) mass is 312 g/mol. The molecule has 0 bridgehead atoms. The number of nitrogens with zero attached hydrogens (tertiary/aromatic N) is 1. The molecule has 0 aliphatic rings. The van der Waals surface area contributed by atoms with Crippen molar-refractivity contribution in [3.8, 4) is 0 Å². The van der Waals surface area contributed by atoms with Gasteiger partial charge < -0.3 is 9.84 Å². The van der Waals surface area contributed by atoms with Gasteiger partial charge in [0.15, 0.2) is 15.7 Å². The molecule has 1 aromatic heterocycles. The second kappa shape index (κ2) is 6.04. The summed E-state index contributed by atoms with van der Waals surface area (Å²) in [6.07, 6.45) is -0.231. The number of rotatable bonds is 5. The highest BCUT2D eigenvalue weighted by molar-refractivity contribution is 7.91. The summed E-state index contributed by atoms with van der Waals surface area (Å²) in [6, 6.07) is 5.98. The Kier molecular flexibility index (Phi) is 4.37. The fourth-order valence-electron chi connectivity index (χ4n) is 1.62. The van der Waals surface area contributed by atoms with Crippen molar-refractivity contribution < 1.29 is 22.1 Å². The van der Waals surface area contributed by atoms with Gasteiger partial charge in [0.1, 0.15) is 11.6 Å². The molecule has 0 spiro atoms. The average Bonchev–Trinajstić information content (AvgIpc) is 2.82. The zero-order valence-corrected chi connectivity index (χ0v) is 12.0. The zero-order chi connectivity index (χ0) is 15.5. The van der Waals surface area contributed by atoms with Crippen LogP contribution in [-0.2, 0) is 14.6 Å². The normalized spacial score (nSPS) is 11.3. The van der Waals surface area contributed by atoms with Crippen LogP contribution in [0.15, 0.2) is 39.8 Å². The fourth-order valence-corrected chi connectivity index (χ4v) is 2.86. The first-order valence-corrected chi connectivity index (χ1v) is 7.73. The van der Waals surface area contributed by atoms with Gasteiger partial charge in [-0.25, -0.2) is 12.8 Å². The minimum absolute atomic E-state index is 0.0195. The van der Waals surface area contributed by atoms with Gasteiger partial charge in [-0.05, 0) is 31.2 Å². The maximum atomic E-state index is 12.8. The van der Waals surface area contributed by atoms with E-state index in [-0.39, 0.29) is 22.9 Å². The van der Waals surface area contributed by atoms with E-state index >= 15 is 0 Å². The highest BCUT2D eigenvalue weighted by Crippen LogP contribution is 2.13. The van der Waals surface area contributed by atoms with Crippen molar-refractivity contribution in [3.05, 3.63) is 41.9 Å². The molecule has 1 N–H and O–H groups in total. The summed E-state index contributed by atoms with van der Waals surface area (Å²) < 4.78 is 41.5. The predicted octanol–water partition coefficient (Wildman–Crippen LogP) is 1.92. The lowest BCUT2D eigenvalue weighted by Crippen LogP contribution is -2.17. The van der Waals surface area contributed by atoms with Crippen LogP contribution in [0, 0.1) is 12.7 Å². The summed E-state index contributed by atoms with van der Waals surface area (Å²) in [7, 11) is -3.63. The molecule has 1 amide bonds. The molecular formula is C13H13FN2O4S. The summed E-state index contributed by atoms with van der Waals surface area (Å²) >= 11 is 0. The van der Waals surface area contributed by atoms with E-state index in [0.717, 1.165) is 12.1 Å². The third-order valence-corrected chi connectivity index (χ3v) is 4.40. The van der Waals surface area contributed by atoms with E-state index in [1.54, 1.807) is 6.92 Å². The van der Waals surface area contributed by atoms with Crippen molar-refractivity contribution in [2.75, 3.05) is 11.1 Å². The molecule has 2 rings (SSSR count). The lowest BCUT2D eigenvalue weighted by atomic mass is 10.4. The number of carbonyl (C=O) groups excluding carboxylic acids is 1. The first-order chi connectivity index (χ1) is 9.87. The summed E-state index contributed by atoms with van der Waals surface area (Å²) in [5.74, 6) is -0.621. The van der Waals surface area contributed by atoms with Gasteiger partial charge in [0.25, 0.3) is 0 Å². The SMILES string of the molecule is Cc1cc(NC(=O)CCS(=O)(=O)c2ccc(F)cc2)no1. The molecule has 112 valence electrons. The number of sulfone groups is 1. The van der Waals surface area contributed by atoms with Crippen LogP contribution in [0.1, 0.15) is 12.2 Å². The summed E-state index contributed by atoms with van der Waals surface area (Å²) in [5, 5.41) is 6.00. The first-order valence-electron chi connectivity index (χ1n) is 6.08. The average molecular weight is 312 g/mol. The highest BCUT2D eigenvalue weighted by Gasteiger charge is 2.17. The van der Waals surface area contributed by atoms with E-state index in [1.165, 1.54) is 18.2 Å². The molecule has 1 heterocycles. The maximum Gasteiger partial charge on any atom is 0.226 e. The Morgan fingerprint density at radius 1 is 1.33 bits per heavy atom. The van der Waals surface area contributed by atoms with Gasteiger partial charge in [0.2, 0.25) is 5.91 Å². The number of aromatic nitrogens is 1. The van der Waals surface area contributed by atoms with Crippen molar-refractivity contribution in [1.82, 2.24) is 5.16 Å². The Hall–Kier alpha value is -2.22. The number of benzene rings is 1. The van der Waals surface area contributed by atoms with Gasteiger partial charge in [-0.2, -0.15) is 0 Å². The third kappa shape index (κ3) is 4.12. The molecule has 0 aliphatic heterocycles. The number of hydrogen-bond acceptors (Lipinski definition) is 5. The number of nitrogens with one attached hydrogen (secondary N) is 1.